The number of carbonyl (C=O) groups excluding carboxylic acids is 1. The summed E-state index contributed by atoms with van der Waals surface area (Å²) in [6, 6.07) is 1.37. The predicted molar refractivity (Wildman–Crippen MR) is 45.7 cm³/mol. The lowest BCUT2D eigenvalue weighted by Crippen LogP contribution is -2.42. The van der Waals surface area contributed by atoms with Crippen molar-refractivity contribution in [3.8, 4) is 6.07 Å². The maximum Gasteiger partial charge on any atom is 0.237 e. The van der Waals surface area contributed by atoms with E-state index in [1.165, 1.54) is 14.0 Å². The number of nitrogens with zero attached hydrogens (tertiary/aromatic N) is 1. The molecule has 0 heterocycles. The van der Waals surface area contributed by atoms with Gasteiger partial charge in [0.15, 0.2) is 0 Å². The second-order valence-electron chi connectivity index (χ2n) is 2.69. The monoisotopic (exact) mass is 186 g/mol. The number of aliphatic hydroxyl groups excluding tert-OH is 1. The Labute approximate surface area is 77.3 Å². The quantitative estimate of drug-likeness (QED) is 0.593. The highest BCUT2D eigenvalue weighted by molar-refractivity contribution is 5.80. The number of rotatable bonds is 5. The molecule has 0 spiro atoms. The Morgan fingerprint density at radius 1 is 1.77 bits per heavy atom. The molecule has 74 valence electrons. The number of aliphatic hydroxyl groups is 1. The van der Waals surface area contributed by atoms with Crippen LogP contribution in [0.15, 0.2) is 0 Å². The van der Waals surface area contributed by atoms with Gasteiger partial charge in [0.25, 0.3) is 0 Å². The van der Waals surface area contributed by atoms with E-state index in [-0.39, 0.29) is 13.2 Å². The molecule has 13 heavy (non-hydrogen) atoms. The summed E-state index contributed by atoms with van der Waals surface area (Å²) >= 11 is 0. The maximum absolute atomic E-state index is 11.1. The molecular formula is C8H14N2O3. The Bertz CT molecular complexity index is 200. The molecule has 2 N–H and O–H groups in total. The number of methoxy groups -OCH3 is 1. The van der Waals surface area contributed by atoms with E-state index in [9.17, 15) is 4.79 Å². The van der Waals surface area contributed by atoms with Crippen molar-refractivity contribution in [2.24, 2.45) is 5.92 Å². The van der Waals surface area contributed by atoms with Gasteiger partial charge >= 0.3 is 0 Å². The van der Waals surface area contributed by atoms with Gasteiger partial charge < -0.3 is 15.2 Å². The first kappa shape index (κ1) is 11.9. The predicted octanol–water partition coefficient (Wildman–Crippen LogP) is -0.730. The van der Waals surface area contributed by atoms with Gasteiger partial charge in [0.2, 0.25) is 5.91 Å². The molecule has 0 radical (unpaired) electrons. The summed E-state index contributed by atoms with van der Waals surface area (Å²) in [6.45, 7) is 1.54. The van der Waals surface area contributed by atoms with Gasteiger partial charge in [0.05, 0.1) is 25.3 Å². The highest BCUT2D eigenvalue weighted by Crippen LogP contribution is 1.93. The van der Waals surface area contributed by atoms with Gasteiger partial charge in [-0.2, -0.15) is 5.26 Å². The van der Waals surface area contributed by atoms with Crippen LogP contribution in [-0.4, -0.2) is 37.4 Å². The third-order valence-electron chi connectivity index (χ3n) is 1.52. The minimum absolute atomic E-state index is 0.197. The van der Waals surface area contributed by atoms with Crippen molar-refractivity contribution in [3.05, 3.63) is 0 Å². The summed E-state index contributed by atoms with van der Waals surface area (Å²) in [7, 11) is 1.47. The Morgan fingerprint density at radius 2 is 2.38 bits per heavy atom. The maximum atomic E-state index is 11.1. The Kier molecular flexibility index (Phi) is 5.85. The minimum Gasteiger partial charge on any atom is -0.394 e. The lowest BCUT2D eigenvalue weighted by atomic mass is 10.2. The molecule has 0 aromatic heterocycles. The lowest BCUT2D eigenvalue weighted by Gasteiger charge is -2.15. The van der Waals surface area contributed by atoms with Crippen LogP contribution in [0.1, 0.15) is 6.92 Å². The zero-order valence-electron chi connectivity index (χ0n) is 7.78. The van der Waals surface area contributed by atoms with Crippen molar-refractivity contribution >= 4 is 5.91 Å². The standard InChI is InChI=1S/C8H14N2O3/c1-6(3-9)8(12)10-7(4-11)5-13-2/h6-7,11H,4-5H2,1-2H3,(H,10,12). The van der Waals surface area contributed by atoms with Crippen LogP contribution in [0.4, 0.5) is 0 Å². The second-order valence-corrected chi connectivity index (χ2v) is 2.69. The van der Waals surface area contributed by atoms with Crippen LogP contribution in [0.5, 0.6) is 0 Å². The van der Waals surface area contributed by atoms with E-state index in [0.29, 0.717) is 0 Å². The molecule has 0 aliphatic rings. The molecule has 0 aromatic carbocycles. The third-order valence-corrected chi connectivity index (χ3v) is 1.52. The van der Waals surface area contributed by atoms with Crippen molar-refractivity contribution in [3.63, 3.8) is 0 Å². The number of hydrogen-bond acceptors (Lipinski definition) is 4. The first-order valence-corrected chi connectivity index (χ1v) is 3.95. The first-order chi connectivity index (χ1) is 6.15. The zero-order chi connectivity index (χ0) is 10.3. The van der Waals surface area contributed by atoms with Gasteiger partial charge in [-0.3, -0.25) is 4.79 Å². The Balaban J connectivity index is 3.95. The summed E-state index contributed by atoms with van der Waals surface area (Å²) in [5.74, 6) is -1.09. The molecule has 5 heteroatoms. The average Bonchev–Trinajstić information content (AvgIpc) is 2.15. The summed E-state index contributed by atoms with van der Waals surface area (Å²) in [5.41, 5.74) is 0. The summed E-state index contributed by atoms with van der Waals surface area (Å²) in [4.78, 5) is 11.1. The number of ether oxygens (including phenoxy) is 1. The molecule has 0 rings (SSSR count). The number of nitriles is 1. The molecule has 0 fully saturated rings. The van der Waals surface area contributed by atoms with Crippen LogP contribution in [0, 0.1) is 17.2 Å². The fourth-order valence-electron chi connectivity index (χ4n) is 0.726. The topological polar surface area (TPSA) is 82.3 Å². The van der Waals surface area contributed by atoms with Crippen molar-refractivity contribution in [1.82, 2.24) is 5.32 Å². The third kappa shape index (κ3) is 4.45. The molecule has 0 aliphatic carbocycles. The van der Waals surface area contributed by atoms with Gasteiger partial charge in [-0.05, 0) is 6.92 Å². The van der Waals surface area contributed by atoms with Crippen LogP contribution >= 0.6 is 0 Å². The van der Waals surface area contributed by atoms with Crippen molar-refractivity contribution < 1.29 is 14.6 Å². The molecule has 2 atom stereocenters. The molecule has 0 saturated heterocycles. The van der Waals surface area contributed by atoms with Gasteiger partial charge in [-0.25, -0.2) is 0 Å². The summed E-state index contributed by atoms with van der Waals surface area (Å²) in [6.07, 6.45) is 0. The highest BCUT2D eigenvalue weighted by Gasteiger charge is 2.16. The van der Waals surface area contributed by atoms with E-state index in [4.69, 9.17) is 15.1 Å². The number of amides is 1. The number of hydrogen-bond donors (Lipinski definition) is 2. The van der Waals surface area contributed by atoms with Gasteiger partial charge in [0, 0.05) is 7.11 Å². The average molecular weight is 186 g/mol. The molecular weight excluding hydrogens is 172 g/mol. The molecule has 1 amide bonds. The zero-order valence-corrected chi connectivity index (χ0v) is 7.78. The Morgan fingerprint density at radius 3 is 2.77 bits per heavy atom. The number of carbonyl (C=O) groups is 1. The molecule has 0 saturated carbocycles. The molecule has 0 aromatic rings. The summed E-state index contributed by atoms with van der Waals surface area (Å²) in [5, 5.41) is 19.7. The van der Waals surface area contributed by atoms with E-state index < -0.39 is 17.9 Å². The van der Waals surface area contributed by atoms with Gasteiger partial charge in [-0.1, -0.05) is 0 Å². The van der Waals surface area contributed by atoms with Crippen LogP contribution in [0.2, 0.25) is 0 Å². The van der Waals surface area contributed by atoms with E-state index >= 15 is 0 Å². The van der Waals surface area contributed by atoms with Crippen LogP contribution in [0.3, 0.4) is 0 Å². The molecule has 0 bridgehead atoms. The first-order valence-electron chi connectivity index (χ1n) is 3.95. The van der Waals surface area contributed by atoms with Crippen LogP contribution in [0.25, 0.3) is 0 Å². The van der Waals surface area contributed by atoms with E-state index in [2.05, 4.69) is 5.32 Å². The largest absolute Gasteiger partial charge is 0.394 e. The lowest BCUT2D eigenvalue weighted by molar-refractivity contribution is -0.124. The fourth-order valence-corrected chi connectivity index (χ4v) is 0.726. The summed E-state index contributed by atoms with van der Waals surface area (Å²) < 4.78 is 4.75. The Hall–Kier alpha value is -1.12. The van der Waals surface area contributed by atoms with Crippen molar-refractivity contribution in [2.45, 2.75) is 13.0 Å². The van der Waals surface area contributed by atoms with Gasteiger partial charge in [-0.15, -0.1) is 0 Å². The van der Waals surface area contributed by atoms with Crippen molar-refractivity contribution in [2.75, 3.05) is 20.3 Å². The smallest absolute Gasteiger partial charge is 0.237 e. The minimum atomic E-state index is -0.703. The normalized spacial score (nSPS) is 14.3. The highest BCUT2D eigenvalue weighted by atomic mass is 16.5. The van der Waals surface area contributed by atoms with E-state index in [1.807, 2.05) is 0 Å². The van der Waals surface area contributed by atoms with Crippen molar-refractivity contribution in [1.29, 1.82) is 5.26 Å². The molecule has 5 nitrogen and oxygen atoms in total. The van der Waals surface area contributed by atoms with Crippen LogP contribution < -0.4 is 5.32 Å². The second kappa shape index (κ2) is 6.40. The molecule has 0 aliphatic heterocycles. The van der Waals surface area contributed by atoms with Gasteiger partial charge in [0.1, 0.15) is 5.92 Å². The number of nitrogens with one attached hydrogen (secondary N) is 1. The van der Waals surface area contributed by atoms with E-state index in [1.54, 1.807) is 6.07 Å². The van der Waals surface area contributed by atoms with E-state index in [0.717, 1.165) is 0 Å². The van der Waals surface area contributed by atoms with Crippen LogP contribution in [-0.2, 0) is 9.53 Å². The molecule has 2 unspecified atom stereocenters. The SMILES string of the molecule is COCC(CO)NC(=O)C(C)C#N. The fraction of sp³-hybridized carbons (Fsp3) is 0.750.